The number of carbonyl (C=O) groups is 4. The summed E-state index contributed by atoms with van der Waals surface area (Å²) in [5.74, 6) is 2.18. The van der Waals surface area contributed by atoms with Crippen LogP contribution < -0.4 is 15.9 Å². The summed E-state index contributed by atoms with van der Waals surface area (Å²) in [5.41, 5.74) is -0.209. The molecule has 4 amide bonds. The number of aromatic hydroxyl groups is 1. The normalized spacial score (nSPS) is 18.4. The van der Waals surface area contributed by atoms with E-state index in [0.717, 1.165) is 11.9 Å². The summed E-state index contributed by atoms with van der Waals surface area (Å²) in [6.07, 6.45) is 0.780. The van der Waals surface area contributed by atoms with Crippen molar-refractivity contribution in [2.24, 2.45) is 10.9 Å². The average molecular weight is 483 g/mol. The van der Waals surface area contributed by atoms with Gasteiger partial charge in [-0.05, 0) is 35.7 Å². The second kappa shape index (κ2) is 9.71. The number of hydrazine groups is 1. The van der Waals surface area contributed by atoms with E-state index in [2.05, 4.69) is 10.4 Å². The van der Waals surface area contributed by atoms with E-state index in [1.165, 1.54) is 38.4 Å². The molecular formula is C23H25N5O7. The Morgan fingerprint density at radius 2 is 1.91 bits per heavy atom. The maximum absolute atomic E-state index is 13.6. The number of ether oxygens (including phenoxy) is 1. The van der Waals surface area contributed by atoms with Gasteiger partial charge in [0.05, 0.1) is 25.8 Å². The number of imide groups is 1. The highest BCUT2D eigenvalue weighted by Crippen LogP contribution is 2.37. The Bertz CT molecular complexity index is 1200. The van der Waals surface area contributed by atoms with Gasteiger partial charge in [0.15, 0.2) is 11.5 Å². The zero-order chi connectivity index (χ0) is 25.9. The lowest BCUT2D eigenvalue weighted by atomic mass is 9.91. The number of phenolic OH excluding ortho intramolecular Hbond substituents is 1. The zero-order valence-corrected chi connectivity index (χ0v) is 19.3. The summed E-state index contributed by atoms with van der Waals surface area (Å²) in [6.45, 7) is 2.59. The number of methoxy groups -OCH3 is 1. The van der Waals surface area contributed by atoms with Crippen molar-refractivity contribution < 1.29 is 34.1 Å². The van der Waals surface area contributed by atoms with Crippen LogP contribution in [0.1, 0.15) is 43.0 Å². The number of carboxylic acids is 1. The van der Waals surface area contributed by atoms with Crippen LogP contribution >= 0.6 is 0 Å². The topological polar surface area (TPSA) is 175 Å². The number of hydrogen-bond donors (Lipinski definition) is 4. The van der Waals surface area contributed by atoms with E-state index < -0.39 is 41.8 Å². The summed E-state index contributed by atoms with van der Waals surface area (Å²) >= 11 is 0. The van der Waals surface area contributed by atoms with Crippen molar-refractivity contribution in [2.75, 3.05) is 7.11 Å². The van der Waals surface area contributed by atoms with Gasteiger partial charge in [-0.2, -0.15) is 10.1 Å². The SMILES string of the molecule is COc1cc([C@@H](CC(=O)O)N(C(C)=O)N2C(=O)N[C@](C)(c3ccc(C=NN)cc3)C2=O)ccc1O. The molecule has 5 N–H and O–H groups in total. The number of hydrazone groups is 1. The fourth-order valence-electron chi connectivity index (χ4n) is 3.92. The number of amides is 4. The molecule has 12 heteroatoms. The van der Waals surface area contributed by atoms with E-state index in [4.69, 9.17) is 10.6 Å². The van der Waals surface area contributed by atoms with E-state index in [0.29, 0.717) is 16.1 Å². The number of urea groups is 1. The molecule has 0 bridgehead atoms. The van der Waals surface area contributed by atoms with E-state index >= 15 is 0 Å². The van der Waals surface area contributed by atoms with Crippen LogP contribution in [0, 0.1) is 0 Å². The number of phenols is 1. The Morgan fingerprint density at radius 1 is 1.26 bits per heavy atom. The molecule has 1 aliphatic rings. The molecule has 1 heterocycles. The van der Waals surface area contributed by atoms with Crippen LogP contribution in [0.2, 0.25) is 0 Å². The van der Waals surface area contributed by atoms with Crippen molar-refractivity contribution in [1.29, 1.82) is 0 Å². The van der Waals surface area contributed by atoms with E-state index in [1.54, 1.807) is 24.3 Å². The predicted molar refractivity (Wildman–Crippen MR) is 123 cm³/mol. The van der Waals surface area contributed by atoms with Gasteiger partial charge in [-0.3, -0.25) is 14.4 Å². The van der Waals surface area contributed by atoms with Crippen LogP contribution in [0.3, 0.4) is 0 Å². The summed E-state index contributed by atoms with van der Waals surface area (Å²) in [7, 11) is 1.31. The fraction of sp³-hybridized carbons (Fsp3) is 0.261. The molecule has 0 unspecified atom stereocenters. The second-order valence-electron chi connectivity index (χ2n) is 7.98. The number of nitrogens with zero attached hydrogens (tertiary/aromatic N) is 3. The molecule has 0 saturated carbocycles. The average Bonchev–Trinajstić information content (AvgIpc) is 3.03. The highest BCUT2D eigenvalue weighted by molar-refractivity contribution is 6.08. The Balaban J connectivity index is 2.07. The molecule has 2 aromatic carbocycles. The van der Waals surface area contributed by atoms with Crippen molar-refractivity contribution >= 4 is 30.0 Å². The van der Waals surface area contributed by atoms with Gasteiger partial charge < -0.3 is 26.1 Å². The number of nitrogens with one attached hydrogen (secondary N) is 1. The summed E-state index contributed by atoms with van der Waals surface area (Å²) in [4.78, 5) is 51.1. The van der Waals surface area contributed by atoms with Gasteiger partial charge >= 0.3 is 12.0 Å². The lowest BCUT2D eigenvalue weighted by molar-refractivity contribution is -0.162. The quantitative estimate of drug-likeness (QED) is 0.189. The first kappa shape index (κ1) is 25.0. The third-order valence-electron chi connectivity index (χ3n) is 5.67. The van der Waals surface area contributed by atoms with E-state index in [-0.39, 0.29) is 17.1 Å². The number of rotatable bonds is 8. The van der Waals surface area contributed by atoms with E-state index in [9.17, 15) is 29.4 Å². The number of aliphatic carboxylic acids is 1. The summed E-state index contributed by atoms with van der Waals surface area (Å²) < 4.78 is 5.09. The van der Waals surface area contributed by atoms with Gasteiger partial charge in [-0.1, -0.05) is 30.3 Å². The highest BCUT2D eigenvalue weighted by Gasteiger charge is 2.53. The molecule has 184 valence electrons. The Labute approximate surface area is 200 Å². The standard InChI is InChI=1S/C23H25N5O7/c1-13(29)27(17(11-20(31)32)15-6-9-18(30)19(10-15)35-3)28-21(33)23(2,26-22(28)34)16-7-4-14(5-8-16)12-25-24/h4-10,12,17,30H,11,24H2,1-3H3,(H,26,34)(H,31,32)/t17-,23-/m1/s1. The zero-order valence-electron chi connectivity index (χ0n) is 19.3. The Morgan fingerprint density at radius 3 is 2.46 bits per heavy atom. The van der Waals surface area contributed by atoms with Crippen molar-refractivity contribution in [3.8, 4) is 11.5 Å². The number of hydrogen-bond acceptors (Lipinski definition) is 8. The number of carbonyl (C=O) groups excluding carboxylic acids is 3. The largest absolute Gasteiger partial charge is 0.504 e. The second-order valence-corrected chi connectivity index (χ2v) is 7.98. The molecule has 0 spiro atoms. The van der Waals surface area contributed by atoms with Crippen LogP contribution in [0.15, 0.2) is 47.6 Å². The molecular weight excluding hydrogens is 458 g/mol. The van der Waals surface area contributed by atoms with Crippen LogP contribution in [0.25, 0.3) is 0 Å². The first-order valence-corrected chi connectivity index (χ1v) is 10.4. The molecule has 1 fully saturated rings. The number of nitrogens with two attached hydrogens (primary N) is 1. The van der Waals surface area contributed by atoms with Gasteiger partial charge in [0, 0.05) is 6.92 Å². The first-order valence-electron chi connectivity index (χ1n) is 10.4. The molecule has 12 nitrogen and oxygen atoms in total. The molecule has 1 aliphatic heterocycles. The third kappa shape index (κ3) is 4.71. The molecule has 3 rings (SSSR count). The van der Waals surface area contributed by atoms with Crippen LogP contribution in [0.4, 0.5) is 4.79 Å². The van der Waals surface area contributed by atoms with Crippen molar-refractivity contribution in [3.63, 3.8) is 0 Å². The van der Waals surface area contributed by atoms with Crippen molar-refractivity contribution in [1.82, 2.24) is 15.3 Å². The Kier molecular flexibility index (Phi) is 6.94. The predicted octanol–water partition coefficient (Wildman–Crippen LogP) is 1.44. The van der Waals surface area contributed by atoms with Gasteiger partial charge in [0.25, 0.3) is 5.91 Å². The van der Waals surface area contributed by atoms with Gasteiger partial charge in [-0.25, -0.2) is 9.80 Å². The smallest absolute Gasteiger partial charge is 0.344 e. The molecule has 35 heavy (non-hydrogen) atoms. The van der Waals surface area contributed by atoms with Gasteiger partial charge in [0.2, 0.25) is 5.91 Å². The van der Waals surface area contributed by atoms with Crippen molar-refractivity contribution in [3.05, 3.63) is 59.2 Å². The van der Waals surface area contributed by atoms with Crippen LogP contribution in [-0.2, 0) is 19.9 Å². The minimum absolute atomic E-state index is 0.0320. The fourth-order valence-corrected chi connectivity index (χ4v) is 3.92. The molecule has 2 aromatic rings. The first-order chi connectivity index (χ1) is 16.5. The number of carboxylic acid groups (broad SMARTS) is 1. The molecule has 2 atom stereocenters. The Hall–Kier alpha value is -4.61. The lowest BCUT2D eigenvalue weighted by Gasteiger charge is -2.35. The van der Waals surface area contributed by atoms with Crippen LogP contribution in [0.5, 0.6) is 11.5 Å². The molecule has 0 radical (unpaired) electrons. The van der Waals surface area contributed by atoms with E-state index in [1.807, 2.05) is 0 Å². The summed E-state index contributed by atoms with van der Waals surface area (Å²) in [6, 6.07) is 8.35. The van der Waals surface area contributed by atoms with Crippen molar-refractivity contribution in [2.45, 2.75) is 31.8 Å². The number of benzene rings is 2. The van der Waals surface area contributed by atoms with Gasteiger partial charge in [0.1, 0.15) is 5.54 Å². The van der Waals surface area contributed by atoms with Gasteiger partial charge in [-0.15, -0.1) is 0 Å². The third-order valence-corrected chi connectivity index (χ3v) is 5.67. The maximum atomic E-state index is 13.6. The highest BCUT2D eigenvalue weighted by atomic mass is 16.5. The molecule has 1 saturated heterocycles. The maximum Gasteiger partial charge on any atom is 0.344 e. The summed E-state index contributed by atoms with van der Waals surface area (Å²) in [5, 5.41) is 26.9. The monoisotopic (exact) mass is 483 g/mol. The minimum Gasteiger partial charge on any atom is -0.504 e. The minimum atomic E-state index is -1.54. The molecule has 0 aromatic heterocycles. The lowest BCUT2D eigenvalue weighted by Crippen LogP contribution is -2.52. The van der Waals surface area contributed by atoms with Crippen LogP contribution in [-0.4, -0.2) is 57.4 Å². The molecule has 0 aliphatic carbocycles.